The summed E-state index contributed by atoms with van der Waals surface area (Å²) in [7, 11) is 2.06. The molecule has 0 saturated carbocycles. The van der Waals surface area contributed by atoms with Crippen molar-refractivity contribution >= 4 is 5.91 Å². The van der Waals surface area contributed by atoms with Crippen molar-refractivity contribution in [1.82, 2.24) is 9.80 Å². The molecule has 0 radical (unpaired) electrons. The van der Waals surface area contributed by atoms with Crippen LogP contribution in [0.15, 0.2) is 24.3 Å². The van der Waals surface area contributed by atoms with Gasteiger partial charge in [0.25, 0.3) is 0 Å². The second kappa shape index (κ2) is 6.24. The zero-order chi connectivity index (χ0) is 14.7. The highest BCUT2D eigenvalue weighted by Crippen LogP contribution is 2.14. The molecule has 0 spiro atoms. The van der Waals surface area contributed by atoms with Crippen LogP contribution in [0.5, 0.6) is 5.75 Å². The summed E-state index contributed by atoms with van der Waals surface area (Å²) in [5.74, 6) is 0.236. The van der Waals surface area contributed by atoms with Crippen LogP contribution >= 0.6 is 0 Å². The number of benzene rings is 1. The number of rotatable bonds is 3. The van der Waals surface area contributed by atoms with Gasteiger partial charge in [-0.05, 0) is 38.1 Å². The molecule has 0 aromatic heterocycles. The van der Waals surface area contributed by atoms with Crippen molar-refractivity contribution in [3.63, 3.8) is 0 Å². The molecular formula is C15H23N3O2. The van der Waals surface area contributed by atoms with Gasteiger partial charge in [0.15, 0.2) is 0 Å². The van der Waals surface area contributed by atoms with Crippen LogP contribution in [0.3, 0.4) is 0 Å². The van der Waals surface area contributed by atoms with Gasteiger partial charge in [0, 0.05) is 25.7 Å². The van der Waals surface area contributed by atoms with Crippen LogP contribution in [0.25, 0.3) is 0 Å². The van der Waals surface area contributed by atoms with E-state index in [0.717, 1.165) is 25.2 Å². The summed E-state index contributed by atoms with van der Waals surface area (Å²) in [4.78, 5) is 16.5. The van der Waals surface area contributed by atoms with Gasteiger partial charge in [-0.3, -0.25) is 4.79 Å². The number of hydrogen-bond acceptors (Lipinski definition) is 4. The molecule has 1 saturated heterocycles. The Morgan fingerprint density at radius 3 is 2.65 bits per heavy atom. The molecule has 2 rings (SSSR count). The van der Waals surface area contributed by atoms with E-state index < -0.39 is 6.04 Å². The summed E-state index contributed by atoms with van der Waals surface area (Å²) in [6, 6.07) is 6.51. The Balaban J connectivity index is 1.96. The van der Waals surface area contributed by atoms with Gasteiger partial charge in [-0.2, -0.15) is 0 Å². The fourth-order valence-electron chi connectivity index (χ4n) is 2.65. The number of phenolic OH excluding ortho intramolecular Hbond substituents is 1. The Hall–Kier alpha value is -1.59. The third-order valence-corrected chi connectivity index (χ3v) is 3.82. The first-order chi connectivity index (χ1) is 9.47. The predicted octanol–water partition coefficient (Wildman–Crippen LogP) is 0.425. The van der Waals surface area contributed by atoms with E-state index in [0.29, 0.717) is 6.42 Å². The van der Waals surface area contributed by atoms with E-state index in [1.807, 2.05) is 4.90 Å². The maximum atomic E-state index is 12.4. The highest BCUT2D eigenvalue weighted by molar-refractivity contribution is 5.82. The third-order valence-electron chi connectivity index (χ3n) is 3.82. The Bertz CT molecular complexity index is 461. The summed E-state index contributed by atoms with van der Waals surface area (Å²) in [6.45, 7) is 4.57. The van der Waals surface area contributed by atoms with E-state index in [4.69, 9.17) is 5.73 Å². The smallest absolute Gasteiger partial charge is 0.240 e. The minimum Gasteiger partial charge on any atom is -0.508 e. The number of aromatic hydroxyl groups is 1. The van der Waals surface area contributed by atoms with Crippen LogP contribution < -0.4 is 5.73 Å². The van der Waals surface area contributed by atoms with Gasteiger partial charge in [-0.15, -0.1) is 0 Å². The first-order valence-electron chi connectivity index (χ1n) is 7.00. The average Bonchev–Trinajstić information content (AvgIpc) is 2.40. The standard InChI is InChI=1S/C15H23N3O2/c1-11-10-17(2)7-8-18(11)15(20)14(16)9-12-3-5-13(19)6-4-12/h3-6,11,14,19H,7-10,16H2,1-2H3/t11?,14-/m0/s1. The van der Waals surface area contributed by atoms with Crippen LogP contribution in [0.4, 0.5) is 0 Å². The van der Waals surface area contributed by atoms with Crippen molar-refractivity contribution in [2.45, 2.75) is 25.4 Å². The molecule has 3 N–H and O–H groups in total. The van der Waals surface area contributed by atoms with Gasteiger partial charge < -0.3 is 20.6 Å². The van der Waals surface area contributed by atoms with Crippen molar-refractivity contribution in [2.75, 3.05) is 26.7 Å². The molecule has 2 atom stereocenters. The lowest BCUT2D eigenvalue weighted by atomic mass is 10.0. The number of piperazine rings is 1. The van der Waals surface area contributed by atoms with E-state index >= 15 is 0 Å². The quantitative estimate of drug-likeness (QED) is 0.840. The van der Waals surface area contributed by atoms with Gasteiger partial charge in [0.1, 0.15) is 5.75 Å². The molecule has 1 fully saturated rings. The molecule has 0 bridgehead atoms. The number of phenols is 1. The van der Waals surface area contributed by atoms with Crippen molar-refractivity contribution < 1.29 is 9.90 Å². The van der Waals surface area contributed by atoms with E-state index in [-0.39, 0.29) is 17.7 Å². The molecule has 20 heavy (non-hydrogen) atoms. The van der Waals surface area contributed by atoms with Crippen molar-refractivity contribution in [1.29, 1.82) is 0 Å². The number of likely N-dealkylation sites (N-methyl/N-ethyl adjacent to an activating group) is 1. The summed E-state index contributed by atoms with van der Waals surface area (Å²) in [5, 5.41) is 9.25. The highest BCUT2D eigenvalue weighted by Gasteiger charge is 2.29. The van der Waals surface area contributed by atoms with Crippen molar-refractivity contribution in [2.24, 2.45) is 5.73 Å². The third kappa shape index (κ3) is 3.49. The number of amides is 1. The lowest BCUT2D eigenvalue weighted by Crippen LogP contribution is -2.57. The second-order valence-electron chi connectivity index (χ2n) is 5.62. The molecule has 5 heteroatoms. The number of hydrogen-bond donors (Lipinski definition) is 2. The maximum Gasteiger partial charge on any atom is 0.240 e. The molecule has 1 heterocycles. The summed E-state index contributed by atoms with van der Waals surface area (Å²) >= 11 is 0. The van der Waals surface area contributed by atoms with Gasteiger partial charge in [0.2, 0.25) is 5.91 Å². The van der Waals surface area contributed by atoms with E-state index in [1.165, 1.54) is 0 Å². The number of carbonyl (C=O) groups is 1. The van der Waals surface area contributed by atoms with E-state index in [9.17, 15) is 9.90 Å². The second-order valence-corrected chi connectivity index (χ2v) is 5.62. The summed E-state index contributed by atoms with van der Waals surface area (Å²) in [5.41, 5.74) is 7.01. The number of nitrogens with two attached hydrogens (primary N) is 1. The zero-order valence-corrected chi connectivity index (χ0v) is 12.1. The Kier molecular flexibility index (Phi) is 4.62. The first kappa shape index (κ1) is 14.8. The van der Waals surface area contributed by atoms with Crippen molar-refractivity contribution in [3.8, 4) is 5.75 Å². The monoisotopic (exact) mass is 277 g/mol. The van der Waals surface area contributed by atoms with Gasteiger partial charge in [-0.1, -0.05) is 12.1 Å². The lowest BCUT2D eigenvalue weighted by molar-refractivity contribution is -0.136. The minimum atomic E-state index is -0.523. The van der Waals surface area contributed by atoms with Crippen LogP contribution in [0.1, 0.15) is 12.5 Å². The number of nitrogens with zero attached hydrogens (tertiary/aromatic N) is 2. The van der Waals surface area contributed by atoms with Gasteiger partial charge in [-0.25, -0.2) is 0 Å². The SMILES string of the molecule is CC1CN(C)CCN1C(=O)[C@@H](N)Cc1ccc(O)cc1. The highest BCUT2D eigenvalue weighted by atomic mass is 16.3. The molecule has 1 aromatic carbocycles. The molecule has 1 aliphatic heterocycles. The first-order valence-corrected chi connectivity index (χ1v) is 7.00. The fraction of sp³-hybridized carbons (Fsp3) is 0.533. The van der Waals surface area contributed by atoms with Crippen LogP contribution in [-0.4, -0.2) is 59.6 Å². The normalized spacial score (nSPS) is 21.8. The maximum absolute atomic E-state index is 12.4. The molecule has 110 valence electrons. The van der Waals surface area contributed by atoms with E-state index in [1.54, 1.807) is 24.3 Å². The molecule has 1 aliphatic rings. The molecule has 1 unspecified atom stereocenters. The Morgan fingerprint density at radius 2 is 2.05 bits per heavy atom. The number of carbonyl (C=O) groups excluding carboxylic acids is 1. The predicted molar refractivity (Wildman–Crippen MR) is 78.5 cm³/mol. The largest absolute Gasteiger partial charge is 0.508 e. The Morgan fingerprint density at radius 1 is 1.40 bits per heavy atom. The molecular weight excluding hydrogens is 254 g/mol. The lowest BCUT2D eigenvalue weighted by Gasteiger charge is -2.39. The summed E-state index contributed by atoms with van der Waals surface area (Å²) in [6.07, 6.45) is 0.498. The summed E-state index contributed by atoms with van der Waals surface area (Å²) < 4.78 is 0. The molecule has 5 nitrogen and oxygen atoms in total. The van der Waals surface area contributed by atoms with Crippen LogP contribution in [-0.2, 0) is 11.2 Å². The van der Waals surface area contributed by atoms with Crippen LogP contribution in [0, 0.1) is 0 Å². The van der Waals surface area contributed by atoms with Gasteiger partial charge >= 0.3 is 0 Å². The van der Waals surface area contributed by atoms with Crippen LogP contribution in [0.2, 0.25) is 0 Å². The fourth-order valence-corrected chi connectivity index (χ4v) is 2.65. The molecule has 0 aliphatic carbocycles. The molecule has 1 aromatic rings. The Labute approximate surface area is 120 Å². The minimum absolute atomic E-state index is 0.0127. The van der Waals surface area contributed by atoms with E-state index in [2.05, 4.69) is 18.9 Å². The molecule has 1 amide bonds. The van der Waals surface area contributed by atoms with Crippen molar-refractivity contribution in [3.05, 3.63) is 29.8 Å². The average molecular weight is 277 g/mol. The van der Waals surface area contributed by atoms with Gasteiger partial charge in [0.05, 0.1) is 6.04 Å². The zero-order valence-electron chi connectivity index (χ0n) is 12.1. The topological polar surface area (TPSA) is 69.8 Å².